The number of allylic oxidation sites excluding steroid dienone is 6. The fourth-order valence-corrected chi connectivity index (χ4v) is 4.16. The molecule has 0 fully saturated rings. The Hall–Kier alpha value is -3.78. The zero-order valence-electron chi connectivity index (χ0n) is 26.4. The van der Waals surface area contributed by atoms with Crippen LogP contribution in [0.25, 0.3) is 17.4 Å². The minimum absolute atomic E-state index is 0.323. The molecule has 0 N–H and O–H groups in total. The van der Waals surface area contributed by atoms with Gasteiger partial charge in [0.25, 0.3) is 0 Å². The number of aryl methyl sites for hydroxylation is 1. The first-order chi connectivity index (χ1) is 20.6. The number of hydrogen-bond acceptors (Lipinski definition) is 1. The molecule has 43 heavy (non-hydrogen) atoms. The van der Waals surface area contributed by atoms with Crippen LogP contribution in [0, 0.1) is 18.4 Å². The van der Waals surface area contributed by atoms with E-state index in [0.29, 0.717) is 5.41 Å². The summed E-state index contributed by atoms with van der Waals surface area (Å²) in [5.74, 6) is 1.64. The van der Waals surface area contributed by atoms with Gasteiger partial charge >= 0.3 is 37.6 Å². The van der Waals surface area contributed by atoms with Gasteiger partial charge in [0.05, 0.1) is 0 Å². The Bertz CT molecular complexity index is 1530. The van der Waals surface area contributed by atoms with Crippen LogP contribution in [0.1, 0.15) is 63.3 Å². The van der Waals surface area contributed by atoms with Crippen LogP contribution in [0.3, 0.4) is 0 Å². The Kier molecular flexibility index (Phi) is 13.6. The summed E-state index contributed by atoms with van der Waals surface area (Å²) in [6.45, 7) is 12.9. The fraction of sp³-hybridized carbons (Fsp3) is 0.195. The average Bonchev–Trinajstić information content (AvgIpc) is 3.56. The van der Waals surface area contributed by atoms with E-state index in [1.54, 1.807) is 0 Å². The van der Waals surface area contributed by atoms with E-state index in [1.165, 1.54) is 14.9 Å². The summed E-state index contributed by atoms with van der Waals surface area (Å²) in [7, 11) is 0. The van der Waals surface area contributed by atoms with Crippen molar-refractivity contribution in [3.63, 3.8) is 0 Å². The minimum Gasteiger partial charge on any atom is -0.456 e. The molecule has 0 bridgehead atoms. The predicted octanol–water partition coefficient (Wildman–Crippen LogP) is 11.1. The van der Waals surface area contributed by atoms with Crippen LogP contribution < -0.4 is 4.74 Å². The normalized spacial score (nSPS) is 12.8. The van der Waals surface area contributed by atoms with E-state index in [4.69, 9.17) is 4.74 Å². The van der Waals surface area contributed by atoms with Crippen molar-refractivity contribution in [2.75, 3.05) is 0 Å². The Morgan fingerprint density at radius 3 is 1.72 bits per heavy atom. The van der Waals surface area contributed by atoms with Gasteiger partial charge in [-0.15, -0.1) is 6.42 Å². The van der Waals surface area contributed by atoms with Crippen molar-refractivity contribution >= 4 is 21.2 Å². The van der Waals surface area contributed by atoms with Crippen molar-refractivity contribution in [2.24, 2.45) is 5.41 Å². The van der Waals surface area contributed by atoms with E-state index >= 15 is 0 Å². The zero-order chi connectivity index (χ0) is 31.1. The maximum atomic E-state index is 6.45. The van der Waals surface area contributed by atoms with Gasteiger partial charge in [-0.2, -0.15) is 11.6 Å². The monoisotopic (exact) mass is 599 g/mol. The summed E-state index contributed by atoms with van der Waals surface area (Å²) in [5, 5.41) is 0. The molecule has 4 aromatic carbocycles. The second kappa shape index (κ2) is 17.4. The summed E-state index contributed by atoms with van der Waals surface area (Å²) in [4.78, 5) is 0. The third kappa shape index (κ3) is 12.2. The molecule has 4 aromatic rings. The van der Waals surface area contributed by atoms with E-state index in [0.717, 1.165) is 40.2 Å². The molecule has 0 saturated carbocycles. The Balaban J connectivity index is 0.000000324. The van der Waals surface area contributed by atoms with Crippen molar-refractivity contribution in [3.05, 3.63) is 167 Å². The molecular formula is C41H43OTi. The summed E-state index contributed by atoms with van der Waals surface area (Å²) in [6.07, 6.45) is 12.8. The van der Waals surface area contributed by atoms with Crippen molar-refractivity contribution in [2.45, 2.75) is 48.0 Å². The van der Waals surface area contributed by atoms with Gasteiger partial charge in [0.2, 0.25) is 0 Å². The molecule has 0 aromatic heterocycles. The Morgan fingerprint density at radius 1 is 0.744 bits per heavy atom. The van der Waals surface area contributed by atoms with Gasteiger partial charge in [-0.3, -0.25) is 6.08 Å². The quantitative estimate of drug-likeness (QED) is 0.0704. The summed E-state index contributed by atoms with van der Waals surface area (Å²) < 4.78 is 7.87. The molecule has 217 valence electrons. The average molecular weight is 600 g/mol. The van der Waals surface area contributed by atoms with E-state index in [2.05, 4.69) is 153 Å². The first-order valence-corrected chi connectivity index (χ1v) is 15.5. The molecule has 1 aliphatic rings. The van der Waals surface area contributed by atoms with Gasteiger partial charge in [-0.25, -0.2) is 6.08 Å². The van der Waals surface area contributed by atoms with Gasteiger partial charge in [0.1, 0.15) is 11.5 Å². The number of para-hydroxylation sites is 1. The molecule has 0 spiro atoms. The second-order valence-electron chi connectivity index (χ2n) is 11.6. The van der Waals surface area contributed by atoms with Crippen LogP contribution >= 0.6 is 0 Å². The molecule has 0 aliphatic heterocycles. The summed E-state index contributed by atoms with van der Waals surface area (Å²) >= 11 is 2.08. The summed E-state index contributed by atoms with van der Waals surface area (Å²) in [5.41, 5.74) is 7.33. The largest absolute Gasteiger partial charge is 0.456 e. The molecule has 1 aliphatic carbocycles. The van der Waals surface area contributed by atoms with Crippen molar-refractivity contribution in [3.8, 4) is 5.75 Å². The topological polar surface area (TPSA) is 9.23 Å². The van der Waals surface area contributed by atoms with Crippen LogP contribution in [0.15, 0.2) is 139 Å². The van der Waals surface area contributed by atoms with Crippen LogP contribution in [-0.4, -0.2) is 3.81 Å². The number of benzene rings is 4. The molecule has 0 saturated heterocycles. The zero-order valence-corrected chi connectivity index (χ0v) is 28.0. The van der Waals surface area contributed by atoms with Crippen molar-refractivity contribution in [1.29, 1.82) is 0 Å². The molecule has 0 radical (unpaired) electrons. The third-order valence-electron chi connectivity index (χ3n) is 6.41. The van der Waals surface area contributed by atoms with Crippen molar-refractivity contribution < 1.29 is 24.7 Å². The molecule has 0 unspecified atom stereocenters. The minimum atomic E-state index is 0.323. The Morgan fingerprint density at radius 2 is 1.26 bits per heavy atom. The molecule has 1 nitrogen and oxygen atoms in total. The molecule has 0 amide bonds. The predicted molar refractivity (Wildman–Crippen MR) is 183 cm³/mol. The van der Waals surface area contributed by atoms with Gasteiger partial charge in [0.15, 0.2) is 0 Å². The van der Waals surface area contributed by atoms with E-state index < -0.39 is 0 Å². The van der Waals surface area contributed by atoms with Gasteiger partial charge in [-0.1, -0.05) is 147 Å². The van der Waals surface area contributed by atoms with E-state index in [9.17, 15) is 0 Å². The molecule has 2 heteroatoms. The van der Waals surface area contributed by atoms with Crippen LogP contribution in [0.2, 0.25) is 0 Å². The number of hydrogen-bond donors (Lipinski definition) is 0. The SMILES string of the molecule is CC(C)(C)C1=CC[C-]=C1.C[C](C)=[Ti+].Cc1ccc(C=CC(=C(Oc2ccccc2)c2ccccc2)c2ccccc2)cc1. The summed E-state index contributed by atoms with van der Waals surface area (Å²) in [6, 6.07) is 39.1. The smallest absolute Gasteiger partial charge is 0.142 e. The first kappa shape index (κ1) is 33.7. The van der Waals surface area contributed by atoms with Gasteiger partial charge in [-0.05, 0) is 30.2 Å². The number of ether oxygens (including phenoxy) is 1. The standard InChI is InChI=1S/C29H24O.C9H13.C3H6.Ti/c1-23-17-19-24(20-18-23)21-22-28(25-11-5-2-6-12-25)29(26-13-7-3-8-14-26)30-27-15-9-4-10-16-27;1-9(2,3)8-6-4-5-7-8;1-3-2;/h2-22H,1H3;6-7H,4H2,1-3H3;1-2H3;/q;-1;;+1. The van der Waals surface area contributed by atoms with Crippen LogP contribution in [-0.2, 0) is 20.0 Å². The second-order valence-corrected chi connectivity index (χ2v) is 13.2. The molecule has 0 atom stereocenters. The van der Waals surface area contributed by atoms with Gasteiger partial charge in [0, 0.05) is 11.1 Å². The first-order valence-electron chi connectivity index (χ1n) is 14.8. The van der Waals surface area contributed by atoms with Crippen LogP contribution in [0.5, 0.6) is 5.75 Å². The maximum absolute atomic E-state index is 6.45. The van der Waals surface area contributed by atoms with E-state index in [1.807, 2.05) is 54.6 Å². The Labute approximate surface area is 271 Å². The molecular weight excluding hydrogens is 556 g/mol. The number of rotatable bonds is 6. The fourth-order valence-electron chi connectivity index (χ4n) is 4.16. The van der Waals surface area contributed by atoms with Gasteiger partial charge < -0.3 is 4.74 Å². The molecule has 0 heterocycles. The third-order valence-corrected chi connectivity index (χ3v) is 6.41. The van der Waals surface area contributed by atoms with Crippen molar-refractivity contribution in [1.82, 2.24) is 0 Å². The molecule has 5 rings (SSSR count). The van der Waals surface area contributed by atoms with Crippen LogP contribution in [0.4, 0.5) is 0 Å². The maximum Gasteiger partial charge on any atom is 0.142 e. The van der Waals surface area contributed by atoms with E-state index in [-0.39, 0.29) is 0 Å².